The molecule has 0 aliphatic rings. The van der Waals surface area contributed by atoms with E-state index in [1.165, 1.54) is 6.20 Å². The molecule has 0 atom stereocenters. The van der Waals surface area contributed by atoms with Gasteiger partial charge in [0.15, 0.2) is 5.78 Å². The minimum atomic E-state index is -1.15. The Morgan fingerprint density at radius 3 is 2.77 bits per heavy atom. The SMILES string of the molecule is O=C(O)CC(=O)c1ncccc1Br. The van der Waals surface area contributed by atoms with Gasteiger partial charge in [-0.2, -0.15) is 0 Å². The zero-order valence-corrected chi connectivity index (χ0v) is 8.11. The number of carboxylic acids is 1. The second-order valence-electron chi connectivity index (χ2n) is 2.33. The molecule has 13 heavy (non-hydrogen) atoms. The molecule has 0 spiro atoms. The molecule has 1 rings (SSSR count). The third-order valence-electron chi connectivity index (χ3n) is 1.33. The molecule has 1 aromatic rings. The van der Waals surface area contributed by atoms with Crippen LogP contribution in [0.2, 0.25) is 0 Å². The molecule has 0 unspecified atom stereocenters. The fraction of sp³-hybridized carbons (Fsp3) is 0.125. The largest absolute Gasteiger partial charge is 0.481 e. The Balaban J connectivity index is 2.89. The molecule has 0 bridgehead atoms. The zero-order chi connectivity index (χ0) is 9.84. The highest BCUT2D eigenvalue weighted by Crippen LogP contribution is 2.14. The molecule has 1 aromatic heterocycles. The van der Waals surface area contributed by atoms with Crippen LogP contribution < -0.4 is 0 Å². The first-order valence-corrected chi connectivity index (χ1v) is 4.26. The lowest BCUT2D eigenvalue weighted by molar-refractivity contribution is -0.135. The highest BCUT2D eigenvalue weighted by molar-refractivity contribution is 9.10. The molecule has 1 heterocycles. The van der Waals surface area contributed by atoms with Gasteiger partial charge in [0.05, 0.1) is 0 Å². The summed E-state index contributed by atoms with van der Waals surface area (Å²) in [7, 11) is 0. The van der Waals surface area contributed by atoms with Gasteiger partial charge in [0.1, 0.15) is 12.1 Å². The van der Waals surface area contributed by atoms with Crippen molar-refractivity contribution in [3.8, 4) is 0 Å². The second kappa shape index (κ2) is 4.13. The number of carbonyl (C=O) groups excluding carboxylic acids is 1. The average molecular weight is 244 g/mol. The first-order valence-electron chi connectivity index (χ1n) is 3.47. The summed E-state index contributed by atoms with van der Waals surface area (Å²) in [5.74, 6) is -1.65. The predicted octanol–water partition coefficient (Wildman–Crippen LogP) is 1.50. The molecule has 0 aliphatic carbocycles. The number of hydrogen-bond donors (Lipinski definition) is 1. The highest BCUT2D eigenvalue weighted by Gasteiger charge is 2.14. The van der Waals surface area contributed by atoms with Gasteiger partial charge in [0, 0.05) is 10.7 Å². The standard InChI is InChI=1S/C8H6BrNO3/c9-5-2-1-3-10-8(5)6(11)4-7(12)13/h1-3H,4H2,(H,12,13). The summed E-state index contributed by atoms with van der Waals surface area (Å²) in [6, 6.07) is 3.30. The van der Waals surface area contributed by atoms with Crippen LogP contribution in [-0.4, -0.2) is 21.8 Å². The summed E-state index contributed by atoms with van der Waals surface area (Å²) in [4.78, 5) is 25.2. The Morgan fingerprint density at radius 2 is 2.23 bits per heavy atom. The number of carbonyl (C=O) groups is 2. The molecule has 0 fully saturated rings. The normalized spacial score (nSPS) is 9.62. The van der Waals surface area contributed by atoms with Crippen LogP contribution in [-0.2, 0) is 4.79 Å². The topological polar surface area (TPSA) is 67.3 Å². The molecule has 0 radical (unpaired) electrons. The van der Waals surface area contributed by atoms with Crippen molar-refractivity contribution in [3.05, 3.63) is 28.5 Å². The average Bonchev–Trinajstić information content (AvgIpc) is 2.03. The first kappa shape index (κ1) is 9.85. The molecular weight excluding hydrogens is 238 g/mol. The van der Waals surface area contributed by atoms with Crippen molar-refractivity contribution in [3.63, 3.8) is 0 Å². The summed E-state index contributed by atoms with van der Waals surface area (Å²) in [6.07, 6.45) is 0.912. The van der Waals surface area contributed by atoms with Gasteiger partial charge in [-0.25, -0.2) is 0 Å². The lowest BCUT2D eigenvalue weighted by atomic mass is 10.2. The van der Waals surface area contributed by atoms with Crippen molar-refractivity contribution >= 4 is 27.7 Å². The van der Waals surface area contributed by atoms with Crippen molar-refractivity contribution in [1.82, 2.24) is 4.98 Å². The van der Waals surface area contributed by atoms with Crippen LogP contribution >= 0.6 is 15.9 Å². The molecule has 5 heteroatoms. The molecule has 0 aliphatic heterocycles. The van der Waals surface area contributed by atoms with Crippen molar-refractivity contribution < 1.29 is 14.7 Å². The smallest absolute Gasteiger partial charge is 0.311 e. The van der Waals surface area contributed by atoms with Crippen molar-refractivity contribution in [1.29, 1.82) is 0 Å². The van der Waals surface area contributed by atoms with Gasteiger partial charge in [-0.15, -0.1) is 0 Å². The Hall–Kier alpha value is -1.23. The minimum absolute atomic E-state index is 0.157. The van der Waals surface area contributed by atoms with E-state index in [1.807, 2.05) is 0 Å². The molecule has 68 valence electrons. The number of pyridine rings is 1. The number of aliphatic carboxylic acids is 1. The molecular formula is C8H6BrNO3. The number of Topliss-reactive ketones (excluding diaryl/α,β-unsaturated/α-hetero) is 1. The van der Waals surface area contributed by atoms with E-state index < -0.39 is 18.2 Å². The van der Waals surface area contributed by atoms with Crippen LogP contribution in [0.5, 0.6) is 0 Å². The quantitative estimate of drug-likeness (QED) is 0.646. The van der Waals surface area contributed by atoms with E-state index >= 15 is 0 Å². The number of hydrogen-bond acceptors (Lipinski definition) is 3. The van der Waals surface area contributed by atoms with Gasteiger partial charge in [-0.05, 0) is 28.1 Å². The van der Waals surface area contributed by atoms with Crippen LogP contribution in [0.4, 0.5) is 0 Å². The summed E-state index contributed by atoms with van der Waals surface area (Å²) in [6.45, 7) is 0. The van der Waals surface area contributed by atoms with Crippen LogP contribution in [0.25, 0.3) is 0 Å². The maximum Gasteiger partial charge on any atom is 0.311 e. The van der Waals surface area contributed by atoms with Crippen LogP contribution in [0.15, 0.2) is 22.8 Å². The predicted molar refractivity (Wildman–Crippen MR) is 48.5 cm³/mol. The Bertz CT molecular complexity index is 351. The molecule has 0 saturated heterocycles. The molecule has 4 nitrogen and oxygen atoms in total. The van der Waals surface area contributed by atoms with Crippen LogP contribution in [0.3, 0.4) is 0 Å². The van der Waals surface area contributed by atoms with Crippen LogP contribution in [0.1, 0.15) is 16.9 Å². The van der Waals surface area contributed by atoms with Crippen molar-refractivity contribution in [2.75, 3.05) is 0 Å². The molecule has 1 N–H and O–H groups in total. The lowest BCUT2D eigenvalue weighted by Crippen LogP contribution is -2.09. The zero-order valence-electron chi connectivity index (χ0n) is 6.53. The second-order valence-corrected chi connectivity index (χ2v) is 3.18. The van der Waals surface area contributed by atoms with Crippen molar-refractivity contribution in [2.45, 2.75) is 6.42 Å². The van der Waals surface area contributed by atoms with E-state index in [0.29, 0.717) is 4.47 Å². The summed E-state index contributed by atoms with van der Waals surface area (Å²) in [5.41, 5.74) is 0.157. The summed E-state index contributed by atoms with van der Waals surface area (Å²) in [5, 5.41) is 8.37. The fourth-order valence-electron chi connectivity index (χ4n) is 0.812. The Kier molecular flexibility index (Phi) is 3.13. The molecule has 0 saturated carbocycles. The van der Waals surface area contributed by atoms with E-state index in [0.717, 1.165) is 0 Å². The Labute approximate surface area is 82.7 Å². The number of halogens is 1. The molecule has 0 amide bonds. The van der Waals surface area contributed by atoms with Gasteiger partial charge >= 0.3 is 5.97 Å². The maximum absolute atomic E-state index is 11.2. The lowest BCUT2D eigenvalue weighted by Gasteiger charge is -1.98. The number of aromatic nitrogens is 1. The summed E-state index contributed by atoms with van der Waals surface area (Å²) < 4.78 is 0.515. The van der Waals surface area contributed by atoms with Gasteiger partial charge in [0.2, 0.25) is 0 Å². The van der Waals surface area contributed by atoms with E-state index in [2.05, 4.69) is 20.9 Å². The first-order chi connectivity index (χ1) is 6.11. The Morgan fingerprint density at radius 1 is 1.54 bits per heavy atom. The monoisotopic (exact) mass is 243 g/mol. The minimum Gasteiger partial charge on any atom is -0.481 e. The third kappa shape index (κ3) is 2.62. The number of ketones is 1. The van der Waals surface area contributed by atoms with Crippen molar-refractivity contribution in [2.24, 2.45) is 0 Å². The third-order valence-corrected chi connectivity index (χ3v) is 1.97. The number of nitrogens with zero attached hydrogens (tertiary/aromatic N) is 1. The maximum atomic E-state index is 11.2. The van der Waals surface area contributed by atoms with E-state index in [1.54, 1.807) is 12.1 Å². The summed E-state index contributed by atoms with van der Waals surface area (Å²) >= 11 is 3.11. The van der Waals surface area contributed by atoms with E-state index in [4.69, 9.17) is 5.11 Å². The fourth-order valence-corrected chi connectivity index (χ4v) is 1.29. The van der Waals surface area contributed by atoms with Gasteiger partial charge in [0.25, 0.3) is 0 Å². The van der Waals surface area contributed by atoms with Crippen LogP contribution in [0, 0.1) is 0 Å². The van der Waals surface area contributed by atoms with Gasteiger partial charge in [-0.3, -0.25) is 14.6 Å². The van der Waals surface area contributed by atoms with E-state index in [-0.39, 0.29) is 5.69 Å². The number of carboxylic acid groups (broad SMARTS) is 1. The highest BCUT2D eigenvalue weighted by atomic mass is 79.9. The van der Waals surface area contributed by atoms with E-state index in [9.17, 15) is 9.59 Å². The van der Waals surface area contributed by atoms with Gasteiger partial charge < -0.3 is 5.11 Å². The number of rotatable bonds is 3. The molecule has 0 aromatic carbocycles. The van der Waals surface area contributed by atoms with Gasteiger partial charge in [-0.1, -0.05) is 0 Å².